The van der Waals surface area contributed by atoms with Gasteiger partial charge in [0.15, 0.2) is 14.6 Å². The number of fused-ring (bicyclic) bond motifs is 1. The standard InChI is InChI=1S/C17H15BrN2O3S2/c1-3-25(22,23)12-9-7-11(8-10-12)16(21)19-17-20(2)15-13(18)5-4-6-14(15)24-17/h4-10H,3H2,1-2H3. The molecule has 0 spiro atoms. The van der Waals surface area contributed by atoms with E-state index in [9.17, 15) is 13.2 Å². The van der Waals surface area contributed by atoms with E-state index in [0.717, 1.165) is 14.7 Å². The average molecular weight is 439 g/mol. The van der Waals surface area contributed by atoms with Gasteiger partial charge in [0.2, 0.25) is 0 Å². The first kappa shape index (κ1) is 18.0. The zero-order valence-corrected chi connectivity index (χ0v) is 16.8. The Bertz CT molecular complexity index is 1130. The van der Waals surface area contributed by atoms with E-state index in [0.29, 0.717) is 10.4 Å². The van der Waals surface area contributed by atoms with Crippen LogP contribution in [-0.4, -0.2) is 24.6 Å². The predicted molar refractivity (Wildman–Crippen MR) is 103 cm³/mol. The molecule has 0 saturated carbocycles. The monoisotopic (exact) mass is 438 g/mol. The van der Waals surface area contributed by atoms with Crippen molar-refractivity contribution in [2.45, 2.75) is 11.8 Å². The predicted octanol–water partition coefficient (Wildman–Crippen LogP) is 3.54. The molecule has 0 aliphatic heterocycles. The van der Waals surface area contributed by atoms with Crippen LogP contribution < -0.4 is 4.80 Å². The van der Waals surface area contributed by atoms with Crippen molar-refractivity contribution in [1.82, 2.24) is 4.57 Å². The number of nitrogens with zero attached hydrogens (tertiary/aromatic N) is 2. The molecule has 1 aromatic heterocycles. The fourth-order valence-electron chi connectivity index (χ4n) is 2.39. The van der Waals surface area contributed by atoms with Gasteiger partial charge in [0.05, 0.1) is 20.9 Å². The van der Waals surface area contributed by atoms with E-state index < -0.39 is 15.7 Å². The van der Waals surface area contributed by atoms with Crippen molar-refractivity contribution in [1.29, 1.82) is 0 Å². The minimum Gasteiger partial charge on any atom is -0.318 e. The number of halogens is 1. The summed E-state index contributed by atoms with van der Waals surface area (Å²) in [6.45, 7) is 1.59. The molecule has 3 aromatic rings. The number of aromatic nitrogens is 1. The summed E-state index contributed by atoms with van der Waals surface area (Å²) < 4.78 is 27.5. The fourth-order valence-corrected chi connectivity index (χ4v) is 5.08. The minimum absolute atomic E-state index is 0.0250. The number of para-hydroxylation sites is 1. The SMILES string of the molecule is CCS(=O)(=O)c1ccc(C(=O)N=c2sc3cccc(Br)c3n2C)cc1. The molecule has 0 bridgehead atoms. The molecule has 2 aromatic carbocycles. The van der Waals surface area contributed by atoms with Gasteiger partial charge < -0.3 is 4.57 Å². The first-order valence-corrected chi connectivity index (χ1v) is 10.8. The molecule has 0 aliphatic carbocycles. The van der Waals surface area contributed by atoms with E-state index in [1.807, 2.05) is 29.8 Å². The van der Waals surface area contributed by atoms with Crippen LogP contribution in [0.25, 0.3) is 10.2 Å². The second-order valence-corrected chi connectivity index (χ2v) is 9.52. The molecule has 25 heavy (non-hydrogen) atoms. The van der Waals surface area contributed by atoms with Crippen LogP contribution in [0.5, 0.6) is 0 Å². The Hall–Kier alpha value is -1.77. The van der Waals surface area contributed by atoms with Gasteiger partial charge in [-0.2, -0.15) is 4.99 Å². The fraction of sp³-hybridized carbons (Fsp3) is 0.176. The van der Waals surface area contributed by atoms with E-state index in [-0.39, 0.29) is 10.6 Å². The summed E-state index contributed by atoms with van der Waals surface area (Å²) in [6, 6.07) is 11.7. The smallest absolute Gasteiger partial charge is 0.279 e. The quantitative estimate of drug-likeness (QED) is 0.627. The van der Waals surface area contributed by atoms with Gasteiger partial charge >= 0.3 is 0 Å². The molecule has 1 heterocycles. The Labute approximate surface area is 157 Å². The molecule has 0 atom stereocenters. The summed E-state index contributed by atoms with van der Waals surface area (Å²) in [5.74, 6) is -0.379. The molecular formula is C17H15BrN2O3S2. The Balaban J connectivity index is 2.01. The van der Waals surface area contributed by atoms with Crippen LogP contribution in [0.15, 0.2) is 56.8 Å². The van der Waals surface area contributed by atoms with Gasteiger partial charge in [0.1, 0.15) is 0 Å². The molecule has 0 saturated heterocycles. The minimum atomic E-state index is -3.28. The molecule has 5 nitrogen and oxygen atoms in total. The Morgan fingerprint density at radius 1 is 1.20 bits per heavy atom. The lowest BCUT2D eigenvalue weighted by molar-refractivity contribution is 0.0998. The lowest BCUT2D eigenvalue weighted by Gasteiger charge is -2.02. The van der Waals surface area contributed by atoms with Crippen LogP contribution in [0.2, 0.25) is 0 Å². The van der Waals surface area contributed by atoms with Gasteiger partial charge in [-0.3, -0.25) is 4.79 Å². The number of carbonyl (C=O) groups excluding carboxylic acids is 1. The Kier molecular flexibility index (Phi) is 4.95. The van der Waals surface area contributed by atoms with Gasteiger partial charge in [0, 0.05) is 17.1 Å². The van der Waals surface area contributed by atoms with Crippen molar-refractivity contribution < 1.29 is 13.2 Å². The molecule has 1 amide bonds. The molecule has 0 fully saturated rings. The third-order valence-electron chi connectivity index (χ3n) is 3.81. The van der Waals surface area contributed by atoms with Gasteiger partial charge in [-0.25, -0.2) is 8.42 Å². The molecule has 0 N–H and O–H groups in total. The molecule has 0 aliphatic rings. The topological polar surface area (TPSA) is 68.5 Å². The summed E-state index contributed by atoms with van der Waals surface area (Å²) in [5, 5.41) is 0. The number of carbonyl (C=O) groups is 1. The number of sulfone groups is 1. The van der Waals surface area contributed by atoms with E-state index in [4.69, 9.17) is 0 Å². The van der Waals surface area contributed by atoms with Crippen LogP contribution in [0.4, 0.5) is 0 Å². The highest BCUT2D eigenvalue weighted by molar-refractivity contribution is 9.10. The third-order valence-corrected chi connectivity index (χ3v) is 7.30. The largest absolute Gasteiger partial charge is 0.318 e. The van der Waals surface area contributed by atoms with Crippen LogP contribution in [0.1, 0.15) is 17.3 Å². The Morgan fingerprint density at radius 3 is 2.48 bits per heavy atom. The normalized spacial score (nSPS) is 12.7. The second kappa shape index (κ2) is 6.86. The lowest BCUT2D eigenvalue weighted by Crippen LogP contribution is -2.13. The van der Waals surface area contributed by atoms with Crippen LogP contribution in [0.3, 0.4) is 0 Å². The summed E-state index contributed by atoms with van der Waals surface area (Å²) >= 11 is 4.93. The highest BCUT2D eigenvalue weighted by Crippen LogP contribution is 2.25. The van der Waals surface area contributed by atoms with Crippen molar-refractivity contribution in [3.05, 3.63) is 57.3 Å². The number of amides is 1. The van der Waals surface area contributed by atoms with E-state index >= 15 is 0 Å². The zero-order valence-electron chi connectivity index (χ0n) is 13.6. The van der Waals surface area contributed by atoms with Gasteiger partial charge in [0.25, 0.3) is 5.91 Å². The average Bonchev–Trinajstić information content (AvgIpc) is 2.92. The molecular weight excluding hydrogens is 424 g/mol. The number of hydrogen-bond donors (Lipinski definition) is 0. The molecule has 8 heteroatoms. The number of hydrogen-bond acceptors (Lipinski definition) is 4. The van der Waals surface area contributed by atoms with Crippen molar-refractivity contribution >= 4 is 53.2 Å². The van der Waals surface area contributed by atoms with Gasteiger partial charge in [-0.05, 0) is 52.3 Å². The van der Waals surface area contributed by atoms with Crippen molar-refractivity contribution in [2.75, 3.05) is 5.75 Å². The maximum atomic E-state index is 12.4. The first-order chi connectivity index (χ1) is 11.8. The van der Waals surface area contributed by atoms with E-state index in [1.165, 1.54) is 35.6 Å². The number of rotatable bonds is 3. The molecule has 0 radical (unpaired) electrons. The highest BCUT2D eigenvalue weighted by Gasteiger charge is 2.13. The summed E-state index contributed by atoms with van der Waals surface area (Å²) in [6.07, 6.45) is 0. The summed E-state index contributed by atoms with van der Waals surface area (Å²) in [7, 11) is -1.42. The zero-order chi connectivity index (χ0) is 18.2. The molecule has 130 valence electrons. The van der Waals surface area contributed by atoms with E-state index in [1.54, 1.807) is 6.92 Å². The third kappa shape index (κ3) is 3.47. The van der Waals surface area contributed by atoms with Crippen LogP contribution >= 0.6 is 27.3 Å². The lowest BCUT2D eigenvalue weighted by atomic mass is 10.2. The number of benzene rings is 2. The molecule has 3 rings (SSSR count). The first-order valence-electron chi connectivity index (χ1n) is 7.49. The molecule has 0 unspecified atom stereocenters. The number of thiazole rings is 1. The number of aryl methyl sites for hydroxylation is 1. The highest BCUT2D eigenvalue weighted by atomic mass is 79.9. The summed E-state index contributed by atoms with van der Waals surface area (Å²) in [5.41, 5.74) is 1.33. The Morgan fingerprint density at radius 2 is 1.88 bits per heavy atom. The van der Waals surface area contributed by atoms with Gasteiger partial charge in [-0.1, -0.05) is 24.3 Å². The van der Waals surface area contributed by atoms with Gasteiger partial charge in [-0.15, -0.1) is 0 Å². The van der Waals surface area contributed by atoms with Crippen LogP contribution in [-0.2, 0) is 16.9 Å². The second-order valence-electron chi connectivity index (χ2n) is 5.37. The van der Waals surface area contributed by atoms with Crippen LogP contribution in [0, 0.1) is 0 Å². The maximum Gasteiger partial charge on any atom is 0.279 e. The summed E-state index contributed by atoms with van der Waals surface area (Å²) in [4.78, 5) is 17.4. The van der Waals surface area contributed by atoms with Crippen molar-refractivity contribution in [3.8, 4) is 0 Å². The van der Waals surface area contributed by atoms with Crippen molar-refractivity contribution in [2.24, 2.45) is 12.0 Å². The van der Waals surface area contributed by atoms with Crippen molar-refractivity contribution in [3.63, 3.8) is 0 Å². The maximum absolute atomic E-state index is 12.4. The van der Waals surface area contributed by atoms with E-state index in [2.05, 4.69) is 20.9 Å².